The minimum absolute atomic E-state index is 0.201. The van der Waals surface area contributed by atoms with E-state index in [9.17, 15) is 9.59 Å². The number of nitrogens with one attached hydrogen (secondary N) is 1. The van der Waals surface area contributed by atoms with Crippen LogP contribution in [0.5, 0.6) is 0 Å². The summed E-state index contributed by atoms with van der Waals surface area (Å²) >= 11 is 0. The first-order chi connectivity index (χ1) is 12.6. The van der Waals surface area contributed by atoms with Gasteiger partial charge >= 0.3 is 0 Å². The number of hydrogen-bond acceptors (Lipinski definition) is 5. The minimum Gasteiger partial charge on any atom is -0.369 e. The van der Waals surface area contributed by atoms with Gasteiger partial charge in [0.2, 0.25) is 11.8 Å². The third kappa shape index (κ3) is 2.86. The van der Waals surface area contributed by atoms with Crippen molar-refractivity contribution in [3.05, 3.63) is 23.9 Å². The van der Waals surface area contributed by atoms with E-state index in [1.165, 1.54) is 6.42 Å². The maximum absolute atomic E-state index is 12.3. The summed E-state index contributed by atoms with van der Waals surface area (Å²) in [5, 5.41) is 8.11. The van der Waals surface area contributed by atoms with Gasteiger partial charge in [0.05, 0.1) is 22.8 Å². The first-order valence-corrected chi connectivity index (χ1v) is 9.32. The molecule has 2 aromatic rings. The van der Waals surface area contributed by atoms with Gasteiger partial charge < -0.3 is 10.6 Å². The number of aromatic nitrogens is 2. The summed E-state index contributed by atoms with van der Waals surface area (Å²) in [6, 6.07) is 6.17. The Morgan fingerprint density at radius 2 is 2.15 bits per heavy atom. The number of para-hydroxylation sites is 1. The molecular formula is C19H25N5O2. The van der Waals surface area contributed by atoms with Crippen molar-refractivity contribution in [1.29, 1.82) is 0 Å². The van der Waals surface area contributed by atoms with Gasteiger partial charge in [-0.25, -0.2) is 0 Å². The lowest BCUT2D eigenvalue weighted by Gasteiger charge is -2.34. The third-order valence-electron chi connectivity index (χ3n) is 5.63. The number of anilines is 1. The van der Waals surface area contributed by atoms with Crippen LogP contribution in [0.3, 0.4) is 0 Å². The molecule has 0 bridgehead atoms. The summed E-state index contributed by atoms with van der Waals surface area (Å²) in [7, 11) is 1.92. The average molecular weight is 355 g/mol. The summed E-state index contributed by atoms with van der Waals surface area (Å²) in [5.74, 6) is -0.298. The maximum atomic E-state index is 12.3. The molecule has 4 rings (SSSR count). The summed E-state index contributed by atoms with van der Waals surface area (Å²) in [5.41, 5.74) is 8.86. The Morgan fingerprint density at radius 3 is 2.92 bits per heavy atom. The Labute approximate surface area is 152 Å². The molecule has 0 radical (unpaired) electrons. The smallest absolute Gasteiger partial charge is 0.235 e. The van der Waals surface area contributed by atoms with Crippen molar-refractivity contribution < 1.29 is 9.59 Å². The van der Waals surface area contributed by atoms with Gasteiger partial charge in [-0.1, -0.05) is 12.1 Å². The van der Waals surface area contributed by atoms with E-state index in [-0.39, 0.29) is 17.7 Å². The van der Waals surface area contributed by atoms with Gasteiger partial charge in [-0.15, -0.1) is 0 Å². The van der Waals surface area contributed by atoms with Crippen LogP contribution in [0.15, 0.2) is 18.2 Å². The van der Waals surface area contributed by atoms with Crippen molar-refractivity contribution in [2.24, 2.45) is 18.7 Å². The van der Waals surface area contributed by atoms with Crippen LogP contribution in [0.4, 0.5) is 5.69 Å². The predicted molar refractivity (Wildman–Crippen MR) is 99.8 cm³/mol. The minimum atomic E-state index is -0.371. The topological polar surface area (TPSA) is 93.2 Å². The number of amides is 2. The number of aryl methyl sites for hydroxylation is 1. The molecule has 2 aliphatic rings. The molecule has 7 nitrogen and oxygen atoms in total. The van der Waals surface area contributed by atoms with Crippen LogP contribution in [-0.2, 0) is 16.6 Å². The quantitative estimate of drug-likeness (QED) is 0.809. The molecular weight excluding hydrogens is 330 g/mol. The van der Waals surface area contributed by atoms with Crippen LogP contribution in [-0.4, -0.2) is 41.2 Å². The second-order valence-corrected chi connectivity index (χ2v) is 7.38. The maximum Gasteiger partial charge on any atom is 0.235 e. The molecule has 7 heteroatoms. The second-order valence-electron chi connectivity index (χ2n) is 7.38. The van der Waals surface area contributed by atoms with E-state index in [1.807, 2.05) is 23.9 Å². The fraction of sp³-hybridized carbons (Fsp3) is 0.526. The first-order valence-electron chi connectivity index (χ1n) is 9.32. The lowest BCUT2D eigenvalue weighted by Crippen LogP contribution is -2.39. The number of piperidine rings is 2. The normalized spacial score (nSPS) is 24.2. The number of rotatable bonds is 3. The summed E-state index contributed by atoms with van der Waals surface area (Å²) in [4.78, 5) is 26.2. The van der Waals surface area contributed by atoms with Crippen LogP contribution < -0.4 is 16.0 Å². The van der Waals surface area contributed by atoms with E-state index >= 15 is 0 Å². The van der Waals surface area contributed by atoms with Crippen molar-refractivity contribution in [1.82, 2.24) is 15.1 Å². The van der Waals surface area contributed by atoms with Gasteiger partial charge in [-0.05, 0) is 37.8 Å². The largest absolute Gasteiger partial charge is 0.369 e. The van der Waals surface area contributed by atoms with Gasteiger partial charge in [0.15, 0.2) is 0 Å². The fourth-order valence-corrected chi connectivity index (χ4v) is 4.29. The number of hydrogen-bond donors (Lipinski definition) is 2. The molecule has 2 amide bonds. The zero-order chi connectivity index (χ0) is 18.3. The molecule has 2 fully saturated rings. The summed E-state index contributed by atoms with van der Waals surface area (Å²) in [6.45, 7) is 2.67. The number of carbonyl (C=O) groups excluding carboxylic acids is 2. The number of benzene rings is 1. The van der Waals surface area contributed by atoms with Crippen molar-refractivity contribution in [3.8, 4) is 0 Å². The molecule has 2 saturated heterocycles. The van der Waals surface area contributed by atoms with E-state index in [1.54, 1.807) is 0 Å². The van der Waals surface area contributed by atoms with E-state index in [2.05, 4.69) is 21.4 Å². The Kier molecular flexibility index (Phi) is 4.40. The molecule has 1 unspecified atom stereocenters. The Morgan fingerprint density at radius 1 is 1.31 bits per heavy atom. The Balaban J connectivity index is 1.75. The van der Waals surface area contributed by atoms with E-state index in [0.29, 0.717) is 25.3 Å². The molecule has 0 spiro atoms. The molecule has 3 heterocycles. The number of fused-ring (bicyclic) bond motifs is 1. The van der Waals surface area contributed by atoms with Crippen LogP contribution in [0, 0.1) is 5.92 Å². The number of nitrogens with zero attached hydrogens (tertiary/aromatic N) is 3. The lowest BCUT2D eigenvalue weighted by molar-refractivity contribution is -0.134. The molecule has 3 N–H and O–H groups in total. The highest BCUT2D eigenvalue weighted by Gasteiger charge is 2.32. The van der Waals surface area contributed by atoms with Gasteiger partial charge in [0.25, 0.3) is 0 Å². The Hall–Kier alpha value is -2.41. The van der Waals surface area contributed by atoms with Gasteiger partial charge in [-0.3, -0.25) is 19.6 Å². The summed E-state index contributed by atoms with van der Waals surface area (Å²) in [6.07, 6.45) is 3.18. The summed E-state index contributed by atoms with van der Waals surface area (Å²) < 4.78 is 1.87. The molecule has 2 atom stereocenters. The van der Waals surface area contributed by atoms with Crippen LogP contribution in [0.1, 0.15) is 37.3 Å². The number of imide groups is 1. The zero-order valence-corrected chi connectivity index (χ0v) is 15.1. The first kappa shape index (κ1) is 17.0. The van der Waals surface area contributed by atoms with Crippen molar-refractivity contribution in [2.45, 2.75) is 31.6 Å². The van der Waals surface area contributed by atoms with Gasteiger partial charge in [-0.2, -0.15) is 5.10 Å². The lowest BCUT2D eigenvalue weighted by atomic mass is 9.92. The highest BCUT2D eigenvalue weighted by atomic mass is 16.2. The molecule has 0 saturated carbocycles. The van der Waals surface area contributed by atoms with Gasteiger partial charge in [0, 0.05) is 31.9 Å². The van der Waals surface area contributed by atoms with Crippen LogP contribution in [0.25, 0.3) is 10.9 Å². The third-order valence-corrected chi connectivity index (χ3v) is 5.63. The zero-order valence-electron chi connectivity index (χ0n) is 15.1. The average Bonchev–Trinajstić information content (AvgIpc) is 2.98. The molecule has 2 aliphatic heterocycles. The SMILES string of the molecule is Cn1nc(C2CCC(=O)NC2=O)c2cccc(N3CCC[C@@H](CN)C3)c21. The van der Waals surface area contributed by atoms with Crippen molar-refractivity contribution in [3.63, 3.8) is 0 Å². The van der Waals surface area contributed by atoms with E-state index in [4.69, 9.17) is 5.73 Å². The number of carbonyl (C=O) groups is 2. The molecule has 138 valence electrons. The highest BCUT2D eigenvalue weighted by Crippen LogP contribution is 2.35. The predicted octanol–water partition coefficient (Wildman–Crippen LogP) is 1.27. The van der Waals surface area contributed by atoms with Crippen molar-refractivity contribution in [2.75, 3.05) is 24.5 Å². The van der Waals surface area contributed by atoms with Crippen molar-refractivity contribution >= 4 is 28.4 Å². The van der Waals surface area contributed by atoms with Crippen LogP contribution >= 0.6 is 0 Å². The number of nitrogens with two attached hydrogens (primary N) is 1. The highest BCUT2D eigenvalue weighted by molar-refractivity contribution is 6.03. The standard InChI is InChI=1S/C19H25N5O2/c1-23-18-13(17(22-23)14-7-8-16(25)21-19(14)26)5-2-6-15(18)24-9-3-4-12(10-20)11-24/h2,5-6,12,14H,3-4,7-11,20H2,1H3,(H,21,25,26)/t12-,14?/m0/s1. The van der Waals surface area contributed by atoms with E-state index in [0.717, 1.165) is 41.8 Å². The molecule has 1 aromatic heterocycles. The van der Waals surface area contributed by atoms with Crippen LogP contribution in [0.2, 0.25) is 0 Å². The molecule has 0 aliphatic carbocycles. The Bertz CT molecular complexity index is 859. The fourth-order valence-electron chi connectivity index (χ4n) is 4.29. The van der Waals surface area contributed by atoms with Gasteiger partial charge in [0.1, 0.15) is 0 Å². The monoisotopic (exact) mass is 355 g/mol. The van der Waals surface area contributed by atoms with E-state index < -0.39 is 0 Å². The molecule has 26 heavy (non-hydrogen) atoms. The second kappa shape index (κ2) is 6.72. The molecule has 1 aromatic carbocycles.